The lowest BCUT2D eigenvalue weighted by Crippen LogP contribution is -2.44. The molecule has 29 heavy (non-hydrogen) atoms. The number of benzene rings is 2. The number of piperidine rings is 1. The maximum atomic E-state index is 12.6. The first-order valence-corrected chi connectivity index (χ1v) is 10.1. The second-order valence-electron chi connectivity index (χ2n) is 7.28. The van der Waals surface area contributed by atoms with Crippen LogP contribution >= 0.6 is 11.6 Å². The second kappa shape index (κ2) is 9.76. The number of amides is 2. The van der Waals surface area contributed by atoms with Gasteiger partial charge in [0.25, 0.3) is 0 Å². The highest BCUT2D eigenvalue weighted by Gasteiger charge is 2.27. The first-order chi connectivity index (χ1) is 14.0. The number of methoxy groups -OCH3 is 1. The monoisotopic (exact) mass is 415 g/mol. The van der Waals surface area contributed by atoms with E-state index >= 15 is 0 Å². The molecule has 1 heterocycles. The van der Waals surface area contributed by atoms with Gasteiger partial charge in [-0.15, -0.1) is 0 Å². The predicted octanol–water partition coefficient (Wildman–Crippen LogP) is 3.95. The Morgan fingerprint density at radius 2 is 1.97 bits per heavy atom. The maximum absolute atomic E-state index is 12.6. The number of nitrogens with zero attached hydrogens (tertiary/aromatic N) is 1. The minimum absolute atomic E-state index is 0.00342. The number of anilines is 2. The fourth-order valence-corrected chi connectivity index (χ4v) is 3.66. The molecule has 3 rings (SSSR count). The van der Waals surface area contributed by atoms with Crippen molar-refractivity contribution in [1.29, 1.82) is 0 Å². The molecule has 0 spiro atoms. The van der Waals surface area contributed by atoms with Crippen LogP contribution in [0.5, 0.6) is 5.75 Å². The molecule has 0 bridgehead atoms. The number of nitrogens with one attached hydrogen (secondary N) is 2. The van der Waals surface area contributed by atoms with Crippen molar-refractivity contribution in [3.8, 4) is 5.75 Å². The fraction of sp³-hybridized carbons (Fsp3) is 0.364. The number of likely N-dealkylation sites (tertiary alicyclic amines) is 1. The summed E-state index contributed by atoms with van der Waals surface area (Å²) in [5.74, 6) is 0.238. The van der Waals surface area contributed by atoms with E-state index < -0.39 is 0 Å². The standard InChI is InChI=1S/C22H26ClN3O3/c1-15-11-19(20(29-2)12-18(15)23)25-21(27)14-26-10-6-7-16(13-26)22(28)24-17-8-4-3-5-9-17/h3-5,8-9,11-12,16H,6-7,10,13-14H2,1-2H3,(H,24,28)(H,25,27)/t16-/m1/s1. The lowest BCUT2D eigenvalue weighted by molar-refractivity contribution is -0.123. The van der Waals surface area contributed by atoms with Gasteiger partial charge in [0, 0.05) is 23.3 Å². The van der Waals surface area contributed by atoms with Crippen LogP contribution in [0, 0.1) is 12.8 Å². The van der Waals surface area contributed by atoms with E-state index in [1.165, 1.54) is 7.11 Å². The van der Waals surface area contributed by atoms with E-state index in [9.17, 15) is 9.59 Å². The van der Waals surface area contributed by atoms with Gasteiger partial charge >= 0.3 is 0 Å². The largest absolute Gasteiger partial charge is 0.495 e. The minimum atomic E-state index is -0.144. The summed E-state index contributed by atoms with van der Waals surface area (Å²) in [4.78, 5) is 27.2. The number of rotatable bonds is 6. The molecule has 6 nitrogen and oxygen atoms in total. The van der Waals surface area contributed by atoms with Gasteiger partial charge < -0.3 is 15.4 Å². The third-order valence-electron chi connectivity index (χ3n) is 5.04. The zero-order chi connectivity index (χ0) is 20.8. The summed E-state index contributed by atoms with van der Waals surface area (Å²) in [7, 11) is 1.54. The molecular formula is C22H26ClN3O3. The molecule has 2 aromatic rings. The van der Waals surface area contributed by atoms with Gasteiger partial charge in [0.1, 0.15) is 5.75 Å². The van der Waals surface area contributed by atoms with Crippen LogP contribution in [0.4, 0.5) is 11.4 Å². The van der Waals surface area contributed by atoms with Crippen LogP contribution < -0.4 is 15.4 Å². The average molecular weight is 416 g/mol. The number of halogens is 1. The molecule has 2 N–H and O–H groups in total. The van der Waals surface area contributed by atoms with Gasteiger partial charge in [0.05, 0.1) is 25.3 Å². The molecule has 0 aromatic heterocycles. The van der Waals surface area contributed by atoms with Crippen molar-refractivity contribution in [2.24, 2.45) is 5.92 Å². The highest BCUT2D eigenvalue weighted by Crippen LogP contribution is 2.31. The molecule has 0 radical (unpaired) electrons. The number of ether oxygens (including phenoxy) is 1. The summed E-state index contributed by atoms with van der Waals surface area (Å²) in [5, 5.41) is 6.44. The number of carbonyl (C=O) groups is 2. The smallest absolute Gasteiger partial charge is 0.238 e. The maximum Gasteiger partial charge on any atom is 0.238 e. The zero-order valence-electron chi connectivity index (χ0n) is 16.7. The average Bonchev–Trinajstić information content (AvgIpc) is 2.71. The summed E-state index contributed by atoms with van der Waals surface area (Å²) in [6.07, 6.45) is 1.70. The van der Waals surface area contributed by atoms with Crippen LogP contribution in [0.1, 0.15) is 18.4 Å². The van der Waals surface area contributed by atoms with E-state index in [0.29, 0.717) is 23.0 Å². The molecule has 1 atom stereocenters. The van der Waals surface area contributed by atoms with Gasteiger partial charge in [0.2, 0.25) is 11.8 Å². The van der Waals surface area contributed by atoms with E-state index in [1.807, 2.05) is 42.2 Å². The molecule has 1 aliphatic rings. The van der Waals surface area contributed by atoms with Gasteiger partial charge in [-0.2, -0.15) is 0 Å². The number of para-hydroxylation sites is 1. The third kappa shape index (κ3) is 5.71. The Labute approximate surface area is 176 Å². The normalized spacial score (nSPS) is 16.9. The topological polar surface area (TPSA) is 70.7 Å². The Kier molecular flexibility index (Phi) is 7.12. The molecule has 0 unspecified atom stereocenters. The molecule has 0 aliphatic carbocycles. The van der Waals surface area contributed by atoms with Crippen molar-refractivity contribution in [2.75, 3.05) is 37.4 Å². The Balaban J connectivity index is 1.57. The molecule has 2 amide bonds. The van der Waals surface area contributed by atoms with Gasteiger partial charge in [-0.3, -0.25) is 14.5 Å². The van der Waals surface area contributed by atoms with Crippen LogP contribution in [0.3, 0.4) is 0 Å². The molecule has 7 heteroatoms. The van der Waals surface area contributed by atoms with Crippen molar-refractivity contribution in [3.63, 3.8) is 0 Å². The first kappa shape index (κ1) is 21.1. The van der Waals surface area contributed by atoms with Gasteiger partial charge in [-0.1, -0.05) is 29.8 Å². The van der Waals surface area contributed by atoms with Crippen LogP contribution in [0.15, 0.2) is 42.5 Å². The molecule has 1 saturated heterocycles. The van der Waals surface area contributed by atoms with E-state index in [0.717, 1.165) is 30.6 Å². The highest BCUT2D eigenvalue weighted by atomic mass is 35.5. The molecular weight excluding hydrogens is 390 g/mol. The molecule has 154 valence electrons. The van der Waals surface area contributed by atoms with E-state index in [1.54, 1.807) is 12.1 Å². The summed E-state index contributed by atoms with van der Waals surface area (Å²) >= 11 is 6.12. The molecule has 0 saturated carbocycles. The first-order valence-electron chi connectivity index (χ1n) is 9.68. The molecule has 1 aliphatic heterocycles. The summed E-state index contributed by atoms with van der Waals surface area (Å²) < 4.78 is 5.31. The molecule has 2 aromatic carbocycles. The van der Waals surface area contributed by atoms with Gasteiger partial charge in [-0.25, -0.2) is 0 Å². The quantitative estimate of drug-likeness (QED) is 0.749. The van der Waals surface area contributed by atoms with Crippen molar-refractivity contribution < 1.29 is 14.3 Å². The van der Waals surface area contributed by atoms with E-state index in [4.69, 9.17) is 16.3 Å². The number of carbonyl (C=O) groups excluding carboxylic acids is 2. The number of hydrogen-bond donors (Lipinski definition) is 2. The van der Waals surface area contributed by atoms with Crippen molar-refractivity contribution in [2.45, 2.75) is 19.8 Å². The summed E-state index contributed by atoms with van der Waals surface area (Å²) in [6.45, 7) is 3.44. The summed E-state index contributed by atoms with van der Waals surface area (Å²) in [5.41, 5.74) is 2.24. The van der Waals surface area contributed by atoms with E-state index in [-0.39, 0.29) is 24.3 Å². The highest BCUT2D eigenvalue weighted by molar-refractivity contribution is 6.31. The predicted molar refractivity (Wildman–Crippen MR) is 116 cm³/mol. The van der Waals surface area contributed by atoms with Crippen molar-refractivity contribution in [3.05, 3.63) is 53.1 Å². The van der Waals surface area contributed by atoms with Crippen LogP contribution in [0.2, 0.25) is 5.02 Å². The molecule has 1 fully saturated rings. The Morgan fingerprint density at radius 1 is 1.21 bits per heavy atom. The van der Waals surface area contributed by atoms with Gasteiger partial charge in [0.15, 0.2) is 0 Å². The number of hydrogen-bond acceptors (Lipinski definition) is 4. The number of aryl methyl sites for hydroxylation is 1. The fourth-order valence-electron chi connectivity index (χ4n) is 3.50. The second-order valence-corrected chi connectivity index (χ2v) is 7.69. The lowest BCUT2D eigenvalue weighted by atomic mass is 9.97. The zero-order valence-corrected chi connectivity index (χ0v) is 17.5. The minimum Gasteiger partial charge on any atom is -0.495 e. The van der Waals surface area contributed by atoms with Crippen molar-refractivity contribution >= 4 is 34.8 Å². The van der Waals surface area contributed by atoms with Gasteiger partial charge in [-0.05, 0) is 50.1 Å². The summed E-state index contributed by atoms with van der Waals surface area (Å²) in [6, 6.07) is 12.9. The van der Waals surface area contributed by atoms with Crippen LogP contribution in [0.25, 0.3) is 0 Å². The van der Waals surface area contributed by atoms with E-state index in [2.05, 4.69) is 10.6 Å². The Morgan fingerprint density at radius 3 is 2.69 bits per heavy atom. The lowest BCUT2D eigenvalue weighted by Gasteiger charge is -2.31. The SMILES string of the molecule is COc1cc(Cl)c(C)cc1NC(=O)CN1CCC[C@@H](C(=O)Nc2ccccc2)C1. The Hall–Kier alpha value is -2.57. The third-order valence-corrected chi connectivity index (χ3v) is 5.45. The van der Waals surface area contributed by atoms with Crippen molar-refractivity contribution in [1.82, 2.24) is 4.90 Å². The van der Waals surface area contributed by atoms with Crippen LogP contribution in [-0.2, 0) is 9.59 Å². The Bertz CT molecular complexity index is 873. The van der Waals surface area contributed by atoms with Crippen LogP contribution in [-0.4, -0.2) is 43.5 Å².